The molecule has 1 aromatic heterocycles. The zero-order valence-corrected chi connectivity index (χ0v) is 11.9. The van der Waals surface area contributed by atoms with Gasteiger partial charge in [-0.05, 0) is 34.8 Å². The fourth-order valence-electron chi connectivity index (χ4n) is 2.06. The molecule has 2 heterocycles. The number of rotatable bonds is 2. The Hall–Kier alpha value is -0.850. The molecule has 98 valence electrons. The van der Waals surface area contributed by atoms with E-state index in [0.29, 0.717) is 30.2 Å². The number of amides is 1. The van der Waals surface area contributed by atoms with Gasteiger partial charge in [0.25, 0.3) is 5.91 Å². The summed E-state index contributed by atoms with van der Waals surface area (Å²) < 4.78 is 0.776. The quantitative estimate of drug-likeness (QED) is 0.855. The summed E-state index contributed by atoms with van der Waals surface area (Å²) in [4.78, 5) is 17.3. The van der Waals surface area contributed by atoms with E-state index in [4.69, 9.17) is 17.3 Å². The molecule has 7 heteroatoms. The summed E-state index contributed by atoms with van der Waals surface area (Å²) >= 11 is 9.38. The van der Waals surface area contributed by atoms with Gasteiger partial charge in [-0.25, -0.2) is 4.98 Å². The topological polar surface area (TPSA) is 79.5 Å². The van der Waals surface area contributed by atoms with Crippen molar-refractivity contribution in [2.24, 2.45) is 5.73 Å². The van der Waals surface area contributed by atoms with Gasteiger partial charge in [-0.2, -0.15) is 0 Å². The van der Waals surface area contributed by atoms with E-state index in [9.17, 15) is 9.90 Å². The van der Waals surface area contributed by atoms with E-state index in [1.165, 1.54) is 0 Å². The van der Waals surface area contributed by atoms with Crippen molar-refractivity contribution in [3.63, 3.8) is 0 Å². The van der Waals surface area contributed by atoms with E-state index < -0.39 is 11.5 Å². The summed E-state index contributed by atoms with van der Waals surface area (Å²) in [5, 5.41) is 10.6. The molecule has 0 radical (unpaired) electrons. The van der Waals surface area contributed by atoms with Crippen LogP contribution in [0.25, 0.3) is 0 Å². The molecule has 3 N–H and O–H groups in total. The maximum atomic E-state index is 11.3. The molecule has 1 aliphatic heterocycles. The summed E-state index contributed by atoms with van der Waals surface area (Å²) in [6.07, 6.45) is 2.65. The average molecular weight is 335 g/mol. The lowest BCUT2D eigenvalue weighted by molar-refractivity contribution is -0.137. The van der Waals surface area contributed by atoms with Gasteiger partial charge in [0.05, 0.1) is 11.6 Å². The Morgan fingerprint density at radius 1 is 1.67 bits per heavy atom. The van der Waals surface area contributed by atoms with Crippen LogP contribution in [0.5, 0.6) is 0 Å². The highest BCUT2D eigenvalue weighted by Gasteiger charge is 2.39. The third-order valence-corrected chi connectivity index (χ3v) is 3.73. The van der Waals surface area contributed by atoms with Crippen molar-refractivity contribution in [3.05, 3.63) is 21.8 Å². The van der Waals surface area contributed by atoms with Gasteiger partial charge in [0.1, 0.15) is 5.82 Å². The first kappa shape index (κ1) is 13.6. The van der Waals surface area contributed by atoms with Crippen molar-refractivity contribution < 1.29 is 9.90 Å². The standard InChI is InChI=1S/C11H13BrClN3O2/c12-7-4-8(13)9(15-5-7)16-3-1-2-11(18,6-16)10(14)17/h4-5,18H,1-3,6H2,(H2,14,17). The normalized spacial score (nSPS) is 24.1. The molecule has 0 saturated carbocycles. The second kappa shape index (κ2) is 5.03. The summed E-state index contributed by atoms with van der Waals surface area (Å²) in [7, 11) is 0. The number of aliphatic hydroxyl groups is 1. The van der Waals surface area contributed by atoms with Crippen molar-refractivity contribution in [1.29, 1.82) is 0 Å². The number of carbonyl (C=O) groups excluding carboxylic acids is 1. The molecule has 1 aliphatic rings. The van der Waals surface area contributed by atoms with Crippen molar-refractivity contribution >= 4 is 39.3 Å². The Bertz CT molecular complexity index is 485. The number of piperidine rings is 1. The second-order valence-electron chi connectivity index (χ2n) is 4.38. The van der Waals surface area contributed by atoms with Crippen LogP contribution in [-0.2, 0) is 4.79 Å². The summed E-state index contributed by atoms with van der Waals surface area (Å²) in [5.41, 5.74) is 3.72. The fourth-order valence-corrected chi connectivity index (χ4v) is 2.81. The Morgan fingerprint density at radius 2 is 2.39 bits per heavy atom. The van der Waals surface area contributed by atoms with Crippen LogP contribution in [0.2, 0.25) is 5.02 Å². The van der Waals surface area contributed by atoms with Gasteiger partial charge in [0.2, 0.25) is 0 Å². The highest BCUT2D eigenvalue weighted by atomic mass is 79.9. The van der Waals surface area contributed by atoms with E-state index in [-0.39, 0.29) is 6.54 Å². The first-order valence-corrected chi connectivity index (χ1v) is 6.68. The Labute approximate surface area is 118 Å². The molecular weight excluding hydrogens is 321 g/mol. The van der Waals surface area contributed by atoms with Gasteiger partial charge < -0.3 is 15.7 Å². The lowest BCUT2D eigenvalue weighted by atomic mass is 9.92. The summed E-state index contributed by atoms with van der Waals surface area (Å²) in [6.45, 7) is 0.806. The summed E-state index contributed by atoms with van der Waals surface area (Å²) in [5.74, 6) is -0.153. The van der Waals surface area contributed by atoms with Gasteiger partial charge in [-0.15, -0.1) is 0 Å². The molecular formula is C11H13BrClN3O2. The maximum Gasteiger partial charge on any atom is 0.251 e. The molecule has 1 unspecified atom stereocenters. The molecule has 0 bridgehead atoms. The highest BCUT2D eigenvalue weighted by Crippen LogP contribution is 2.30. The van der Waals surface area contributed by atoms with Crippen LogP contribution in [0.1, 0.15) is 12.8 Å². The largest absolute Gasteiger partial charge is 0.378 e. The predicted molar refractivity (Wildman–Crippen MR) is 72.5 cm³/mol. The van der Waals surface area contributed by atoms with Gasteiger partial charge in [0, 0.05) is 17.2 Å². The van der Waals surface area contributed by atoms with E-state index in [1.54, 1.807) is 17.2 Å². The van der Waals surface area contributed by atoms with E-state index in [2.05, 4.69) is 20.9 Å². The molecule has 0 aliphatic carbocycles. The SMILES string of the molecule is NC(=O)C1(O)CCCN(c2ncc(Br)cc2Cl)C1. The molecule has 0 spiro atoms. The molecule has 18 heavy (non-hydrogen) atoms. The zero-order chi connectivity index (χ0) is 13.3. The molecule has 1 saturated heterocycles. The maximum absolute atomic E-state index is 11.3. The molecule has 1 fully saturated rings. The van der Waals surface area contributed by atoms with Gasteiger partial charge >= 0.3 is 0 Å². The van der Waals surface area contributed by atoms with Crippen molar-refractivity contribution in [2.75, 3.05) is 18.0 Å². The van der Waals surface area contributed by atoms with Crippen LogP contribution in [0.4, 0.5) is 5.82 Å². The number of β-amino-alcohol motifs (C(OH)–C–C–N with tert-alkyl or cyclic N) is 1. The molecule has 5 nitrogen and oxygen atoms in total. The lowest BCUT2D eigenvalue weighted by Crippen LogP contribution is -2.56. The molecule has 1 atom stereocenters. The van der Waals surface area contributed by atoms with E-state index >= 15 is 0 Å². The number of primary amides is 1. The molecule has 1 aromatic rings. The molecule has 2 rings (SSSR count). The fraction of sp³-hybridized carbons (Fsp3) is 0.455. The van der Waals surface area contributed by atoms with Crippen LogP contribution in [0, 0.1) is 0 Å². The predicted octanol–water partition coefficient (Wildman–Crippen LogP) is 1.31. The number of pyridine rings is 1. The number of nitrogens with zero attached hydrogens (tertiary/aromatic N) is 2. The Kier molecular flexibility index (Phi) is 3.79. The average Bonchev–Trinajstić information content (AvgIpc) is 2.28. The number of anilines is 1. The van der Waals surface area contributed by atoms with E-state index in [1.807, 2.05) is 0 Å². The second-order valence-corrected chi connectivity index (χ2v) is 5.70. The molecule has 1 amide bonds. The third-order valence-electron chi connectivity index (χ3n) is 3.02. The number of hydrogen-bond donors (Lipinski definition) is 2. The Morgan fingerprint density at radius 3 is 3.00 bits per heavy atom. The monoisotopic (exact) mass is 333 g/mol. The van der Waals surface area contributed by atoms with Crippen molar-refractivity contribution in [1.82, 2.24) is 4.98 Å². The van der Waals surface area contributed by atoms with Crippen LogP contribution in [0.3, 0.4) is 0 Å². The van der Waals surface area contributed by atoms with E-state index in [0.717, 1.165) is 4.47 Å². The van der Waals surface area contributed by atoms with Gasteiger partial charge in [0.15, 0.2) is 5.60 Å². The minimum Gasteiger partial charge on any atom is -0.378 e. The smallest absolute Gasteiger partial charge is 0.251 e. The van der Waals surface area contributed by atoms with Gasteiger partial charge in [-0.1, -0.05) is 11.6 Å². The number of hydrogen-bond acceptors (Lipinski definition) is 4. The zero-order valence-electron chi connectivity index (χ0n) is 9.57. The van der Waals surface area contributed by atoms with Crippen molar-refractivity contribution in [2.45, 2.75) is 18.4 Å². The highest BCUT2D eigenvalue weighted by molar-refractivity contribution is 9.10. The van der Waals surface area contributed by atoms with Crippen molar-refractivity contribution in [3.8, 4) is 0 Å². The van der Waals surface area contributed by atoms with Crippen LogP contribution in [-0.4, -0.2) is 34.7 Å². The lowest BCUT2D eigenvalue weighted by Gasteiger charge is -2.37. The minimum absolute atomic E-state index is 0.122. The van der Waals surface area contributed by atoms with Crippen LogP contribution in [0.15, 0.2) is 16.7 Å². The first-order valence-electron chi connectivity index (χ1n) is 5.51. The van der Waals surface area contributed by atoms with Gasteiger partial charge in [-0.3, -0.25) is 4.79 Å². The first-order chi connectivity index (χ1) is 8.42. The summed E-state index contributed by atoms with van der Waals surface area (Å²) in [6, 6.07) is 1.72. The van der Waals surface area contributed by atoms with Crippen LogP contribution < -0.4 is 10.6 Å². The Balaban J connectivity index is 2.26. The third kappa shape index (κ3) is 2.60. The minimum atomic E-state index is -1.50. The molecule has 0 aromatic carbocycles. The number of nitrogens with two attached hydrogens (primary N) is 1. The van der Waals surface area contributed by atoms with Crippen LogP contribution >= 0.6 is 27.5 Å². The number of carbonyl (C=O) groups is 1. The number of aromatic nitrogens is 1. The number of halogens is 2.